The lowest BCUT2D eigenvalue weighted by atomic mass is 10.2. The van der Waals surface area contributed by atoms with Crippen molar-refractivity contribution in [3.63, 3.8) is 0 Å². The van der Waals surface area contributed by atoms with Gasteiger partial charge in [-0.1, -0.05) is 6.07 Å². The predicted molar refractivity (Wildman–Crippen MR) is 60.0 cm³/mol. The minimum Gasteiger partial charge on any atom is -0.389 e. The van der Waals surface area contributed by atoms with E-state index in [2.05, 4.69) is 15.2 Å². The molecule has 84 valence electrons. The van der Waals surface area contributed by atoms with E-state index in [1.165, 1.54) is 11.8 Å². The molecule has 2 aromatic heterocycles. The quantitative estimate of drug-likeness (QED) is 0.873. The zero-order chi connectivity index (χ0) is 11.5. The number of rotatable bonds is 3. The first-order chi connectivity index (χ1) is 7.68. The Bertz CT molecular complexity index is 483. The summed E-state index contributed by atoms with van der Waals surface area (Å²) in [6, 6.07) is 3.67. The molecule has 2 rings (SSSR count). The average Bonchev–Trinajstić information content (AvgIpc) is 2.65. The highest BCUT2D eigenvalue weighted by Crippen LogP contribution is 2.29. The van der Waals surface area contributed by atoms with Crippen LogP contribution in [-0.4, -0.2) is 24.9 Å². The van der Waals surface area contributed by atoms with E-state index in [0.717, 1.165) is 15.7 Å². The SMILES string of the molecule is C[C@@H](O)c1cccnc1Sc1nncn1C. The standard InChI is InChI=1S/C10H12N4OS/c1-7(15)8-4-3-5-11-9(8)16-10-13-12-6-14(10)2/h3-7,15H,1-2H3/t7-/m1/s1. The molecular formula is C10H12N4OS. The highest BCUT2D eigenvalue weighted by Gasteiger charge is 2.12. The van der Waals surface area contributed by atoms with Crippen molar-refractivity contribution >= 4 is 11.8 Å². The van der Waals surface area contributed by atoms with E-state index in [9.17, 15) is 5.11 Å². The van der Waals surface area contributed by atoms with E-state index in [-0.39, 0.29) is 0 Å². The van der Waals surface area contributed by atoms with Gasteiger partial charge in [0.1, 0.15) is 11.4 Å². The van der Waals surface area contributed by atoms with Gasteiger partial charge in [-0.05, 0) is 24.8 Å². The van der Waals surface area contributed by atoms with Gasteiger partial charge in [0.25, 0.3) is 0 Å². The highest BCUT2D eigenvalue weighted by molar-refractivity contribution is 7.99. The molecule has 0 aliphatic heterocycles. The van der Waals surface area contributed by atoms with Gasteiger partial charge >= 0.3 is 0 Å². The summed E-state index contributed by atoms with van der Waals surface area (Å²) < 4.78 is 1.81. The van der Waals surface area contributed by atoms with Crippen LogP contribution in [0.25, 0.3) is 0 Å². The molecule has 2 aromatic rings. The molecule has 6 heteroatoms. The van der Waals surface area contributed by atoms with Crippen LogP contribution in [0.5, 0.6) is 0 Å². The second-order valence-electron chi connectivity index (χ2n) is 3.40. The Morgan fingerprint density at radius 2 is 2.31 bits per heavy atom. The van der Waals surface area contributed by atoms with Crippen molar-refractivity contribution in [3.8, 4) is 0 Å². The summed E-state index contributed by atoms with van der Waals surface area (Å²) in [5.41, 5.74) is 0.801. The summed E-state index contributed by atoms with van der Waals surface area (Å²) in [7, 11) is 1.87. The molecule has 0 aliphatic carbocycles. The molecule has 1 N–H and O–H groups in total. The Hall–Kier alpha value is -1.40. The van der Waals surface area contributed by atoms with Crippen LogP contribution in [-0.2, 0) is 7.05 Å². The van der Waals surface area contributed by atoms with Crippen molar-refractivity contribution < 1.29 is 5.11 Å². The van der Waals surface area contributed by atoms with E-state index in [0.29, 0.717) is 0 Å². The smallest absolute Gasteiger partial charge is 0.197 e. The maximum atomic E-state index is 9.61. The third kappa shape index (κ3) is 2.23. The number of aromatic nitrogens is 4. The lowest BCUT2D eigenvalue weighted by molar-refractivity contribution is 0.195. The Morgan fingerprint density at radius 1 is 1.50 bits per heavy atom. The van der Waals surface area contributed by atoms with Crippen molar-refractivity contribution in [1.82, 2.24) is 19.7 Å². The first-order valence-corrected chi connectivity index (χ1v) is 5.65. The monoisotopic (exact) mass is 236 g/mol. The molecule has 0 saturated carbocycles. The van der Waals surface area contributed by atoms with Crippen molar-refractivity contribution in [3.05, 3.63) is 30.2 Å². The molecule has 5 nitrogen and oxygen atoms in total. The molecule has 0 radical (unpaired) electrons. The number of hydrogen-bond donors (Lipinski definition) is 1. The molecule has 1 atom stereocenters. The first-order valence-electron chi connectivity index (χ1n) is 4.83. The second-order valence-corrected chi connectivity index (χ2v) is 4.36. The van der Waals surface area contributed by atoms with Gasteiger partial charge in [-0.3, -0.25) is 0 Å². The molecule has 16 heavy (non-hydrogen) atoms. The van der Waals surface area contributed by atoms with Gasteiger partial charge in [0.05, 0.1) is 6.10 Å². The number of aryl methyl sites for hydroxylation is 1. The topological polar surface area (TPSA) is 63.8 Å². The summed E-state index contributed by atoms with van der Waals surface area (Å²) in [6.45, 7) is 1.72. The van der Waals surface area contributed by atoms with Gasteiger partial charge < -0.3 is 9.67 Å². The van der Waals surface area contributed by atoms with Crippen LogP contribution in [0.4, 0.5) is 0 Å². The minimum atomic E-state index is -0.538. The van der Waals surface area contributed by atoms with Crippen molar-refractivity contribution in [1.29, 1.82) is 0 Å². The predicted octanol–water partition coefficient (Wildman–Crippen LogP) is 1.41. The van der Waals surface area contributed by atoms with Crippen LogP contribution >= 0.6 is 11.8 Å². The molecule has 0 aromatic carbocycles. The van der Waals surface area contributed by atoms with Crippen LogP contribution < -0.4 is 0 Å². The fraction of sp³-hybridized carbons (Fsp3) is 0.300. The van der Waals surface area contributed by atoms with Crippen LogP contribution in [0.2, 0.25) is 0 Å². The molecule has 0 amide bonds. The third-order valence-corrected chi connectivity index (χ3v) is 3.20. The molecule has 0 bridgehead atoms. The van der Waals surface area contributed by atoms with Gasteiger partial charge in [0, 0.05) is 18.8 Å². The maximum absolute atomic E-state index is 9.61. The fourth-order valence-electron chi connectivity index (χ4n) is 1.26. The average molecular weight is 236 g/mol. The molecule has 0 unspecified atom stereocenters. The van der Waals surface area contributed by atoms with E-state index in [1.807, 2.05) is 23.7 Å². The Morgan fingerprint density at radius 3 is 2.94 bits per heavy atom. The summed E-state index contributed by atoms with van der Waals surface area (Å²) >= 11 is 1.39. The van der Waals surface area contributed by atoms with Crippen LogP contribution in [0.15, 0.2) is 34.8 Å². The summed E-state index contributed by atoms with van der Waals surface area (Å²) in [6.07, 6.45) is 2.79. The largest absolute Gasteiger partial charge is 0.389 e. The van der Waals surface area contributed by atoms with Crippen LogP contribution in [0.3, 0.4) is 0 Å². The van der Waals surface area contributed by atoms with Crippen LogP contribution in [0.1, 0.15) is 18.6 Å². The number of nitrogens with zero attached hydrogens (tertiary/aromatic N) is 4. The van der Waals surface area contributed by atoms with Crippen LogP contribution in [0, 0.1) is 0 Å². The minimum absolute atomic E-state index is 0.538. The lowest BCUT2D eigenvalue weighted by Crippen LogP contribution is -1.97. The normalized spacial score (nSPS) is 12.7. The van der Waals surface area contributed by atoms with Crippen molar-refractivity contribution in [2.45, 2.75) is 23.2 Å². The van der Waals surface area contributed by atoms with E-state index in [1.54, 1.807) is 19.4 Å². The Labute approximate surface area is 97.5 Å². The van der Waals surface area contributed by atoms with Gasteiger partial charge in [-0.25, -0.2) is 4.98 Å². The first kappa shape index (κ1) is 11.1. The van der Waals surface area contributed by atoms with E-state index < -0.39 is 6.10 Å². The van der Waals surface area contributed by atoms with Gasteiger partial charge in [-0.2, -0.15) is 0 Å². The highest BCUT2D eigenvalue weighted by atomic mass is 32.2. The number of aliphatic hydroxyl groups is 1. The number of hydrogen-bond acceptors (Lipinski definition) is 5. The molecular weight excluding hydrogens is 224 g/mol. The van der Waals surface area contributed by atoms with Gasteiger partial charge in [0.15, 0.2) is 5.16 Å². The van der Waals surface area contributed by atoms with E-state index in [4.69, 9.17) is 0 Å². The number of aliphatic hydroxyl groups excluding tert-OH is 1. The van der Waals surface area contributed by atoms with E-state index >= 15 is 0 Å². The molecule has 0 fully saturated rings. The maximum Gasteiger partial charge on any atom is 0.197 e. The van der Waals surface area contributed by atoms with Crippen molar-refractivity contribution in [2.75, 3.05) is 0 Å². The Kier molecular flexibility index (Phi) is 3.21. The molecule has 2 heterocycles. The Balaban J connectivity index is 2.31. The van der Waals surface area contributed by atoms with Gasteiger partial charge in [-0.15, -0.1) is 10.2 Å². The molecule has 0 aliphatic rings. The van der Waals surface area contributed by atoms with Crippen molar-refractivity contribution in [2.24, 2.45) is 7.05 Å². The molecule has 0 spiro atoms. The third-order valence-electron chi connectivity index (χ3n) is 2.11. The lowest BCUT2D eigenvalue weighted by Gasteiger charge is -2.09. The fourth-order valence-corrected chi connectivity index (χ4v) is 2.18. The summed E-state index contributed by atoms with van der Waals surface area (Å²) in [4.78, 5) is 4.24. The summed E-state index contributed by atoms with van der Waals surface area (Å²) in [5, 5.41) is 18.9. The zero-order valence-electron chi connectivity index (χ0n) is 9.03. The second kappa shape index (κ2) is 4.63. The molecule has 0 saturated heterocycles. The summed E-state index contributed by atoms with van der Waals surface area (Å²) in [5.74, 6) is 0. The number of pyridine rings is 1. The zero-order valence-corrected chi connectivity index (χ0v) is 9.85. The van der Waals surface area contributed by atoms with Gasteiger partial charge in [0.2, 0.25) is 0 Å².